The van der Waals surface area contributed by atoms with Gasteiger partial charge in [-0.3, -0.25) is 0 Å². The van der Waals surface area contributed by atoms with Crippen molar-refractivity contribution in [2.75, 3.05) is 13.7 Å². The molecule has 72 valence electrons. The number of hydrogen-bond donors (Lipinski definition) is 1. The summed E-state index contributed by atoms with van der Waals surface area (Å²) in [5, 5.41) is 0. The first-order valence-corrected chi connectivity index (χ1v) is 5.43. The molecule has 0 aliphatic heterocycles. The Morgan fingerprint density at radius 2 is 2.15 bits per heavy atom. The second-order valence-corrected chi connectivity index (χ2v) is 4.50. The topological polar surface area (TPSA) is 35.2 Å². The van der Waals surface area contributed by atoms with Crippen molar-refractivity contribution in [2.45, 2.75) is 6.04 Å². The monoisotopic (exact) mass is 307 g/mol. The maximum absolute atomic E-state index is 5.90. The summed E-state index contributed by atoms with van der Waals surface area (Å²) in [5.74, 6) is 0. The maximum Gasteiger partial charge on any atom is 0.0655 e. The van der Waals surface area contributed by atoms with Crippen LogP contribution in [0.4, 0.5) is 0 Å². The summed E-state index contributed by atoms with van der Waals surface area (Å²) in [6.45, 7) is 0.523. The van der Waals surface area contributed by atoms with Crippen molar-refractivity contribution in [3.63, 3.8) is 0 Å². The average molecular weight is 309 g/mol. The van der Waals surface area contributed by atoms with Gasteiger partial charge in [0.15, 0.2) is 0 Å². The van der Waals surface area contributed by atoms with E-state index in [0.717, 1.165) is 14.5 Å². The Morgan fingerprint density at radius 3 is 2.77 bits per heavy atom. The molecule has 0 spiro atoms. The van der Waals surface area contributed by atoms with Crippen LogP contribution in [0.3, 0.4) is 0 Å². The van der Waals surface area contributed by atoms with Gasteiger partial charge in [-0.15, -0.1) is 0 Å². The second kappa shape index (κ2) is 5.10. The highest BCUT2D eigenvalue weighted by Crippen LogP contribution is 2.25. The molecule has 1 atom stereocenters. The molecule has 2 N–H and O–H groups in total. The third kappa shape index (κ3) is 3.06. The summed E-state index contributed by atoms with van der Waals surface area (Å²) in [4.78, 5) is 0. The Balaban J connectivity index is 2.91. The Hall–Kier alpha value is 0.1000. The maximum atomic E-state index is 5.90. The number of ether oxygens (including phenoxy) is 1. The number of benzene rings is 1. The van der Waals surface area contributed by atoms with E-state index in [-0.39, 0.29) is 6.04 Å². The number of halogens is 2. The van der Waals surface area contributed by atoms with E-state index in [1.165, 1.54) is 0 Å². The van der Waals surface area contributed by atoms with Crippen molar-refractivity contribution in [1.82, 2.24) is 0 Å². The van der Waals surface area contributed by atoms with Crippen molar-refractivity contribution in [2.24, 2.45) is 5.73 Å². The molecule has 1 aromatic carbocycles. The fourth-order valence-electron chi connectivity index (χ4n) is 1.07. The quantitative estimate of drug-likeness (QED) is 0.932. The Labute approximate surface area is 94.7 Å². The highest BCUT2D eigenvalue weighted by molar-refractivity contribution is 9.11. The van der Waals surface area contributed by atoms with E-state index in [0.29, 0.717) is 6.61 Å². The van der Waals surface area contributed by atoms with Gasteiger partial charge in [0, 0.05) is 16.1 Å². The summed E-state index contributed by atoms with van der Waals surface area (Å²) in [7, 11) is 1.64. The van der Waals surface area contributed by atoms with Gasteiger partial charge in [-0.1, -0.05) is 31.9 Å². The van der Waals surface area contributed by atoms with E-state index in [2.05, 4.69) is 31.9 Å². The molecule has 1 aromatic rings. The van der Waals surface area contributed by atoms with E-state index in [4.69, 9.17) is 10.5 Å². The molecule has 0 amide bonds. The minimum Gasteiger partial charge on any atom is -0.383 e. The zero-order valence-electron chi connectivity index (χ0n) is 7.26. The number of hydrogen-bond acceptors (Lipinski definition) is 2. The molecule has 0 bridgehead atoms. The molecule has 4 heteroatoms. The minimum absolute atomic E-state index is 0.0862. The van der Waals surface area contributed by atoms with Gasteiger partial charge in [-0.05, 0) is 23.8 Å². The van der Waals surface area contributed by atoms with E-state index >= 15 is 0 Å². The summed E-state index contributed by atoms with van der Waals surface area (Å²) in [5.41, 5.74) is 6.95. The van der Waals surface area contributed by atoms with Crippen molar-refractivity contribution in [1.29, 1.82) is 0 Å². The summed E-state index contributed by atoms with van der Waals surface area (Å²) in [6, 6.07) is 5.84. The molecule has 0 aromatic heterocycles. The summed E-state index contributed by atoms with van der Waals surface area (Å²) < 4.78 is 7.03. The number of rotatable bonds is 3. The van der Waals surface area contributed by atoms with Crippen molar-refractivity contribution in [3.05, 3.63) is 32.7 Å². The van der Waals surface area contributed by atoms with Crippen LogP contribution in [0.25, 0.3) is 0 Å². The van der Waals surface area contributed by atoms with Crippen LogP contribution in [0.1, 0.15) is 11.6 Å². The average Bonchev–Trinajstić information content (AvgIpc) is 2.09. The lowest BCUT2D eigenvalue weighted by atomic mass is 10.1. The van der Waals surface area contributed by atoms with Crippen LogP contribution in [0.15, 0.2) is 27.1 Å². The molecule has 13 heavy (non-hydrogen) atoms. The van der Waals surface area contributed by atoms with Gasteiger partial charge in [0.25, 0.3) is 0 Å². The molecule has 1 rings (SSSR count). The van der Waals surface area contributed by atoms with Gasteiger partial charge >= 0.3 is 0 Å². The fraction of sp³-hybridized carbons (Fsp3) is 0.333. The fourth-order valence-corrected chi connectivity index (χ4v) is 1.99. The van der Waals surface area contributed by atoms with Crippen molar-refractivity contribution in [3.8, 4) is 0 Å². The SMILES string of the molecule is COCC(N)c1cc(Br)ccc1Br. The largest absolute Gasteiger partial charge is 0.383 e. The molecular weight excluding hydrogens is 298 g/mol. The summed E-state index contributed by atoms with van der Waals surface area (Å²) >= 11 is 6.84. The molecule has 0 fully saturated rings. The first-order chi connectivity index (χ1) is 6.15. The lowest BCUT2D eigenvalue weighted by Crippen LogP contribution is -2.16. The van der Waals surface area contributed by atoms with Crippen molar-refractivity contribution < 1.29 is 4.74 Å². The molecule has 0 aliphatic carbocycles. The van der Waals surface area contributed by atoms with Crippen LogP contribution >= 0.6 is 31.9 Å². The highest BCUT2D eigenvalue weighted by atomic mass is 79.9. The van der Waals surface area contributed by atoms with Crippen molar-refractivity contribution >= 4 is 31.9 Å². The lowest BCUT2D eigenvalue weighted by molar-refractivity contribution is 0.180. The van der Waals surface area contributed by atoms with Gasteiger partial charge in [-0.25, -0.2) is 0 Å². The van der Waals surface area contributed by atoms with Gasteiger partial charge < -0.3 is 10.5 Å². The van der Waals surface area contributed by atoms with Crippen LogP contribution in [-0.4, -0.2) is 13.7 Å². The van der Waals surface area contributed by atoms with E-state index < -0.39 is 0 Å². The second-order valence-electron chi connectivity index (χ2n) is 2.73. The predicted octanol–water partition coefficient (Wildman–Crippen LogP) is 2.86. The molecule has 0 aliphatic rings. The first-order valence-electron chi connectivity index (χ1n) is 3.84. The molecule has 0 saturated heterocycles. The Morgan fingerprint density at radius 1 is 1.46 bits per heavy atom. The van der Waals surface area contributed by atoms with Gasteiger partial charge in [0.05, 0.1) is 12.6 Å². The summed E-state index contributed by atoms with van der Waals surface area (Å²) in [6.07, 6.45) is 0. The molecule has 0 radical (unpaired) electrons. The van der Waals surface area contributed by atoms with Crippen LogP contribution < -0.4 is 5.73 Å². The molecule has 1 unspecified atom stereocenters. The minimum atomic E-state index is -0.0862. The van der Waals surface area contributed by atoms with E-state index in [1.807, 2.05) is 18.2 Å². The zero-order chi connectivity index (χ0) is 9.84. The number of methoxy groups -OCH3 is 1. The molecule has 0 heterocycles. The predicted molar refractivity (Wildman–Crippen MR) is 60.6 cm³/mol. The normalized spacial score (nSPS) is 12.9. The highest BCUT2D eigenvalue weighted by Gasteiger charge is 2.09. The van der Waals surface area contributed by atoms with Gasteiger partial charge in [-0.2, -0.15) is 0 Å². The van der Waals surface area contributed by atoms with Crippen LogP contribution in [0.2, 0.25) is 0 Å². The Kier molecular flexibility index (Phi) is 4.38. The smallest absolute Gasteiger partial charge is 0.0655 e. The van der Waals surface area contributed by atoms with Gasteiger partial charge in [0.1, 0.15) is 0 Å². The molecule has 2 nitrogen and oxygen atoms in total. The third-order valence-electron chi connectivity index (χ3n) is 1.70. The molecular formula is C9H11Br2NO. The lowest BCUT2D eigenvalue weighted by Gasteiger charge is -2.12. The van der Waals surface area contributed by atoms with E-state index in [9.17, 15) is 0 Å². The zero-order valence-corrected chi connectivity index (χ0v) is 10.4. The number of nitrogens with two attached hydrogens (primary N) is 1. The third-order valence-corrected chi connectivity index (χ3v) is 2.92. The molecule has 0 saturated carbocycles. The Bertz CT molecular complexity index is 291. The van der Waals surface area contributed by atoms with Gasteiger partial charge in [0.2, 0.25) is 0 Å². The van der Waals surface area contributed by atoms with Crippen LogP contribution in [-0.2, 0) is 4.74 Å². The van der Waals surface area contributed by atoms with Crippen LogP contribution in [0, 0.1) is 0 Å². The standard InChI is InChI=1S/C9H11Br2NO/c1-13-5-9(12)7-4-6(10)2-3-8(7)11/h2-4,9H,5,12H2,1H3. The van der Waals surface area contributed by atoms with Crippen LogP contribution in [0.5, 0.6) is 0 Å². The van der Waals surface area contributed by atoms with E-state index in [1.54, 1.807) is 7.11 Å². The first kappa shape index (κ1) is 11.2.